The van der Waals surface area contributed by atoms with E-state index in [1.165, 1.54) is 0 Å². The quantitative estimate of drug-likeness (QED) is 0.479. The number of hydrogen-bond acceptors (Lipinski definition) is 4. The van der Waals surface area contributed by atoms with Gasteiger partial charge in [-0.1, -0.05) is 34.3 Å². The molecular formula is C9H7Cl2FN4. The van der Waals surface area contributed by atoms with E-state index in [1.807, 2.05) is 30.3 Å². The third kappa shape index (κ3) is 2.43. The van der Waals surface area contributed by atoms with Crippen LogP contribution in [0, 0.1) is 0 Å². The maximum absolute atomic E-state index is 13.0. The molecule has 1 aromatic carbocycles. The number of amidine groups is 1. The fourth-order valence-electron chi connectivity index (χ4n) is 1.11. The summed E-state index contributed by atoms with van der Waals surface area (Å²) in [6.45, 7) is 0. The van der Waals surface area contributed by atoms with Gasteiger partial charge in [0.15, 0.2) is 0 Å². The largest absolute Gasteiger partial charge is 0.324 e. The molecule has 7 heteroatoms. The average Bonchev–Trinajstić information content (AvgIpc) is 2.27. The molecule has 0 spiro atoms. The molecule has 0 fully saturated rings. The predicted molar refractivity (Wildman–Crippen MR) is 63.4 cm³/mol. The molecule has 0 saturated heterocycles. The van der Waals surface area contributed by atoms with Gasteiger partial charge in [0.25, 0.3) is 0 Å². The van der Waals surface area contributed by atoms with Crippen LogP contribution in [0.4, 0.5) is 10.2 Å². The monoisotopic (exact) mass is 260 g/mol. The first-order valence-corrected chi connectivity index (χ1v) is 5.21. The third-order valence-electron chi connectivity index (χ3n) is 1.82. The molecule has 2 rings (SSSR count). The molecule has 0 aromatic heterocycles. The molecule has 1 atom stereocenters. The second-order valence-electron chi connectivity index (χ2n) is 2.95. The van der Waals surface area contributed by atoms with Gasteiger partial charge in [0.2, 0.25) is 16.9 Å². The van der Waals surface area contributed by atoms with E-state index < -0.39 is 5.62 Å². The van der Waals surface area contributed by atoms with Gasteiger partial charge in [-0.15, -0.1) is 5.12 Å². The highest BCUT2D eigenvalue weighted by Gasteiger charge is 2.23. The lowest BCUT2D eigenvalue weighted by atomic mass is 10.3. The molecule has 0 radical (unpaired) electrons. The maximum Gasteiger partial charge on any atom is 0.233 e. The van der Waals surface area contributed by atoms with Crippen molar-refractivity contribution >= 4 is 40.1 Å². The van der Waals surface area contributed by atoms with E-state index in [4.69, 9.17) is 23.2 Å². The number of benzene rings is 1. The van der Waals surface area contributed by atoms with Crippen molar-refractivity contribution in [3.63, 3.8) is 0 Å². The SMILES string of the molecule is FN1C(Cl)=NC(Nc2ccccc2)=NC1Cl. The Bertz CT molecular complexity index is 434. The van der Waals surface area contributed by atoms with Gasteiger partial charge in [-0.3, -0.25) is 0 Å². The van der Waals surface area contributed by atoms with E-state index in [0.29, 0.717) is 0 Å². The number of hydrogen-bond donors (Lipinski definition) is 1. The number of anilines is 1. The Hall–Kier alpha value is -1.33. The van der Waals surface area contributed by atoms with Crippen molar-refractivity contribution in [1.82, 2.24) is 5.12 Å². The van der Waals surface area contributed by atoms with Gasteiger partial charge in [0.1, 0.15) is 0 Å². The molecule has 4 nitrogen and oxygen atoms in total. The molecular weight excluding hydrogens is 254 g/mol. The Morgan fingerprint density at radius 3 is 2.62 bits per heavy atom. The number of alkyl halides is 1. The summed E-state index contributed by atoms with van der Waals surface area (Å²) in [6, 6.07) is 9.19. The Morgan fingerprint density at radius 1 is 1.31 bits per heavy atom. The van der Waals surface area contributed by atoms with Crippen LogP contribution in [0.2, 0.25) is 0 Å². The van der Waals surface area contributed by atoms with E-state index in [9.17, 15) is 4.48 Å². The molecule has 1 heterocycles. The molecule has 1 aliphatic rings. The smallest absolute Gasteiger partial charge is 0.233 e. The minimum absolute atomic E-state index is 0.0687. The summed E-state index contributed by atoms with van der Waals surface area (Å²) in [5, 5.41) is 2.58. The number of nitrogens with zero attached hydrogens (tertiary/aromatic N) is 3. The number of rotatable bonds is 1. The lowest BCUT2D eigenvalue weighted by Gasteiger charge is -2.19. The Kier molecular flexibility index (Phi) is 3.26. The normalized spacial score (nSPS) is 20.2. The van der Waals surface area contributed by atoms with E-state index in [0.717, 1.165) is 5.69 Å². The number of guanidine groups is 1. The summed E-state index contributed by atoms with van der Waals surface area (Å²) < 4.78 is 13.0. The predicted octanol–water partition coefficient (Wildman–Crippen LogP) is 2.77. The van der Waals surface area contributed by atoms with Gasteiger partial charge in [-0.25, -0.2) is 4.99 Å². The lowest BCUT2D eigenvalue weighted by molar-refractivity contribution is 0.109. The Balaban J connectivity index is 2.15. The highest BCUT2D eigenvalue weighted by atomic mass is 35.5. The average molecular weight is 261 g/mol. The zero-order chi connectivity index (χ0) is 11.5. The number of halogens is 3. The highest BCUT2D eigenvalue weighted by Crippen LogP contribution is 2.17. The van der Waals surface area contributed by atoms with Crippen LogP contribution in [-0.2, 0) is 0 Å². The molecule has 16 heavy (non-hydrogen) atoms. The summed E-state index contributed by atoms with van der Waals surface area (Å²) in [7, 11) is 0. The zero-order valence-corrected chi connectivity index (χ0v) is 9.45. The second-order valence-corrected chi connectivity index (χ2v) is 3.67. The van der Waals surface area contributed by atoms with Gasteiger partial charge in [0, 0.05) is 5.69 Å². The minimum atomic E-state index is -1.20. The van der Waals surface area contributed by atoms with Crippen LogP contribution in [0.5, 0.6) is 0 Å². The number of para-hydroxylation sites is 1. The van der Waals surface area contributed by atoms with Gasteiger partial charge in [0.05, 0.1) is 0 Å². The maximum atomic E-state index is 13.0. The van der Waals surface area contributed by atoms with Crippen molar-refractivity contribution in [3.05, 3.63) is 30.3 Å². The van der Waals surface area contributed by atoms with E-state index in [-0.39, 0.29) is 16.4 Å². The first kappa shape index (κ1) is 11.2. The summed E-state index contributed by atoms with van der Waals surface area (Å²) in [5.74, 6) is 0.171. The molecule has 1 unspecified atom stereocenters. The standard InChI is InChI=1S/C9H7Cl2FN4/c10-7-14-9(15-8(11)16(7)12)13-6-4-2-1-3-5-6/h1-5,7H,(H,13,14). The number of aliphatic imine (C=N–C) groups is 2. The third-order valence-corrected chi connectivity index (χ3v) is 2.34. The molecule has 1 N–H and O–H groups in total. The van der Waals surface area contributed by atoms with Crippen molar-refractivity contribution < 1.29 is 4.48 Å². The molecule has 0 bridgehead atoms. The molecule has 0 aliphatic carbocycles. The fourth-order valence-corrected chi connectivity index (χ4v) is 1.52. The van der Waals surface area contributed by atoms with Crippen molar-refractivity contribution in [2.45, 2.75) is 5.62 Å². The minimum Gasteiger partial charge on any atom is -0.324 e. The van der Waals surface area contributed by atoms with E-state index >= 15 is 0 Å². The van der Waals surface area contributed by atoms with Crippen LogP contribution in [0.15, 0.2) is 40.3 Å². The number of nitrogens with one attached hydrogen (secondary N) is 1. The molecule has 1 aromatic rings. The first-order chi connectivity index (χ1) is 7.66. The van der Waals surface area contributed by atoms with Gasteiger partial charge in [-0.2, -0.15) is 4.99 Å². The summed E-state index contributed by atoms with van der Waals surface area (Å²) in [4.78, 5) is 7.46. The van der Waals surface area contributed by atoms with Crippen molar-refractivity contribution in [2.75, 3.05) is 5.32 Å². The van der Waals surface area contributed by atoms with Gasteiger partial charge >= 0.3 is 0 Å². The Labute approximate surface area is 101 Å². The molecule has 0 amide bonds. The summed E-state index contributed by atoms with van der Waals surface area (Å²) >= 11 is 11.1. The van der Waals surface area contributed by atoms with Gasteiger partial charge in [-0.05, 0) is 23.7 Å². The molecule has 1 aliphatic heterocycles. The van der Waals surface area contributed by atoms with Crippen LogP contribution in [0.1, 0.15) is 0 Å². The first-order valence-electron chi connectivity index (χ1n) is 4.40. The Morgan fingerprint density at radius 2 is 2.00 bits per heavy atom. The van der Waals surface area contributed by atoms with Gasteiger partial charge < -0.3 is 5.32 Å². The highest BCUT2D eigenvalue weighted by molar-refractivity contribution is 6.65. The summed E-state index contributed by atoms with van der Waals surface area (Å²) in [6.07, 6.45) is 0. The molecule has 0 saturated carbocycles. The van der Waals surface area contributed by atoms with Crippen molar-refractivity contribution in [3.8, 4) is 0 Å². The van der Waals surface area contributed by atoms with Crippen LogP contribution >= 0.6 is 23.2 Å². The fraction of sp³-hybridized carbons (Fsp3) is 0.111. The van der Waals surface area contributed by atoms with Crippen LogP contribution in [0.25, 0.3) is 0 Å². The van der Waals surface area contributed by atoms with Crippen LogP contribution in [-0.4, -0.2) is 22.0 Å². The topological polar surface area (TPSA) is 40.0 Å². The zero-order valence-electron chi connectivity index (χ0n) is 7.94. The van der Waals surface area contributed by atoms with Crippen molar-refractivity contribution in [2.24, 2.45) is 9.98 Å². The van der Waals surface area contributed by atoms with Crippen molar-refractivity contribution in [1.29, 1.82) is 0 Å². The van der Waals surface area contributed by atoms with Crippen LogP contribution < -0.4 is 5.32 Å². The second kappa shape index (κ2) is 4.67. The lowest BCUT2D eigenvalue weighted by Crippen LogP contribution is -2.32. The van der Waals surface area contributed by atoms with E-state index in [1.54, 1.807) is 0 Å². The van der Waals surface area contributed by atoms with E-state index in [2.05, 4.69) is 15.3 Å². The summed E-state index contributed by atoms with van der Waals surface area (Å²) in [5.41, 5.74) is -0.429. The molecule has 84 valence electrons. The van der Waals surface area contributed by atoms with Crippen LogP contribution in [0.3, 0.4) is 0 Å².